The Balaban J connectivity index is 1.91. The fourth-order valence-electron chi connectivity index (χ4n) is 2.15. The maximum absolute atomic E-state index is 12.3. The van der Waals surface area contributed by atoms with Crippen molar-refractivity contribution in [3.63, 3.8) is 0 Å². The van der Waals surface area contributed by atoms with Crippen LogP contribution < -0.4 is 5.32 Å². The number of fused-ring (bicyclic) bond motifs is 1. The van der Waals surface area contributed by atoms with Gasteiger partial charge in [0, 0.05) is 23.3 Å². The molecular formula is C14H12N4O3S. The zero-order valence-electron chi connectivity index (χ0n) is 11.9. The largest absolute Gasteiger partial charge is 0.320 e. The molecule has 7 nitrogen and oxygen atoms in total. The van der Waals surface area contributed by atoms with E-state index in [0.717, 1.165) is 10.7 Å². The van der Waals surface area contributed by atoms with Gasteiger partial charge < -0.3 is 5.32 Å². The molecule has 3 rings (SSSR count). The number of hydrogen-bond donors (Lipinski definition) is 1. The molecule has 0 saturated carbocycles. The van der Waals surface area contributed by atoms with E-state index in [1.165, 1.54) is 23.5 Å². The van der Waals surface area contributed by atoms with E-state index in [1.807, 2.05) is 16.7 Å². The predicted molar refractivity (Wildman–Crippen MR) is 83.6 cm³/mol. The number of aromatic nitrogens is 2. The van der Waals surface area contributed by atoms with Gasteiger partial charge in [-0.3, -0.25) is 19.3 Å². The first-order valence-corrected chi connectivity index (χ1v) is 7.34. The monoisotopic (exact) mass is 316 g/mol. The van der Waals surface area contributed by atoms with Crippen LogP contribution in [0.1, 0.15) is 21.7 Å². The summed E-state index contributed by atoms with van der Waals surface area (Å²) in [5.74, 6) is -0.390. The third kappa shape index (κ3) is 2.33. The molecule has 0 aliphatic carbocycles. The van der Waals surface area contributed by atoms with Crippen molar-refractivity contribution in [3.8, 4) is 0 Å². The number of imidazole rings is 1. The van der Waals surface area contributed by atoms with Gasteiger partial charge in [0.1, 0.15) is 5.69 Å². The number of amides is 1. The molecular weight excluding hydrogens is 304 g/mol. The molecule has 1 amide bonds. The highest BCUT2D eigenvalue weighted by Gasteiger charge is 2.17. The van der Waals surface area contributed by atoms with Crippen LogP contribution in [0.15, 0.2) is 29.8 Å². The number of aryl methyl sites for hydroxylation is 1. The highest BCUT2D eigenvalue weighted by molar-refractivity contribution is 7.15. The van der Waals surface area contributed by atoms with Gasteiger partial charge >= 0.3 is 0 Å². The lowest BCUT2D eigenvalue weighted by Crippen LogP contribution is -2.13. The molecule has 0 fully saturated rings. The number of rotatable bonds is 3. The second-order valence-corrected chi connectivity index (χ2v) is 5.65. The van der Waals surface area contributed by atoms with Crippen LogP contribution in [0.4, 0.5) is 11.4 Å². The predicted octanol–water partition coefficient (Wildman–Crippen LogP) is 3.17. The average molecular weight is 316 g/mol. The zero-order valence-corrected chi connectivity index (χ0v) is 12.7. The number of anilines is 1. The molecule has 0 spiro atoms. The zero-order chi connectivity index (χ0) is 15.9. The van der Waals surface area contributed by atoms with Crippen molar-refractivity contribution in [2.24, 2.45) is 0 Å². The van der Waals surface area contributed by atoms with Crippen molar-refractivity contribution >= 4 is 33.6 Å². The number of benzene rings is 1. The number of nitro benzene ring substituents is 1. The molecule has 0 unspecified atom stereocenters. The Labute approximate surface area is 129 Å². The molecule has 8 heteroatoms. The molecule has 0 bridgehead atoms. The van der Waals surface area contributed by atoms with Crippen molar-refractivity contribution in [2.75, 3.05) is 5.32 Å². The van der Waals surface area contributed by atoms with E-state index in [4.69, 9.17) is 0 Å². The Morgan fingerprint density at radius 3 is 2.86 bits per heavy atom. The molecule has 22 heavy (non-hydrogen) atoms. The molecule has 112 valence electrons. The van der Waals surface area contributed by atoms with Crippen LogP contribution in [-0.4, -0.2) is 20.2 Å². The Bertz CT molecular complexity index is 897. The van der Waals surface area contributed by atoms with Gasteiger partial charge in [0.05, 0.1) is 16.2 Å². The summed E-state index contributed by atoms with van der Waals surface area (Å²) >= 11 is 1.45. The van der Waals surface area contributed by atoms with E-state index >= 15 is 0 Å². The van der Waals surface area contributed by atoms with Crippen LogP contribution in [0.2, 0.25) is 0 Å². The van der Waals surface area contributed by atoms with E-state index in [-0.39, 0.29) is 17.3 Å². The number of thiazole rings is 1. The van der Waals surface area contributed by atoms with Gasteiger partial charge in [0.15, 0.2) is 4.96 Å². The fourth-order valence-corrected chi connectivity index (χ4v) is 3.00. The average Bonchev–Trinajstić information content (AvgIpc) is 3.03. The lowest BCUT2D eigenvalue weighted by Gasteiger charge is -2.07. The molecule has 1 N–H and O–H groups in total. The third-order valence-electron chi connectivity index (χ3n) is 3.37. The third-order valence-corrected chi connectivity index (χ3v) is 4.33. The van der Waals surface area contributed by atoms with Gasteiger partial charge in [0.2, 0.25) is 0 Å². The van der Waals surface area contributed by atoms with Crippen LogP contribution >= 0.6 is 11.3 Å². The van der Waals surface area contributed by atoms with Gasteiger partial charge in [0.25, 0.3) is 11.6 Å². The number of carbonyl (C=O) groups is 1. The van der Waals surface area contributed by atoms with Crippen molar-refractivity contribution in [3.05, 3.63) is 56.8 Å². The molecule has 0 atom stereocenters. The number of nitrogens with one attached hydrogen (secondary N) is 1. The van der Waals surface area contributed by atoms with Crippen molar-refractivity contribution in [2.45, 2.75) is 13.8 Å². The summed E-state index contributed by atoms with van der Waals surface area (Å²) in [6.07, 6.45) is 1.66. The smallest absolute Gasteiger partial charge is 0.275 e. The maximum Gasteiger partial charge on any atom is 0.275 e. The summed E-state index contributed by atoms with van der Waals surface area (Å²) in [7, 11) is 0. The van der Waals surface area contributed by atoms with Gasteiger partial charge in [-0.05, 0) is 19.9 Å². The van der Waals surface area contributed by atoms with Crippen molar-refractivity contribution < 1.29 is 9.72 Å². The molecule has 1 aromatic carbocycles. The van der Waals surface area contributed by atoms with Gasteiger partial charge in [-0.2, -0.15) is 0 Å². The number of nitro groups is 1. The van der Waals surface area contributed by atoms with Crippen LogP contribution in [-0.2, 0) is 0 Å². The highest BCUT2D eigenvalue weighted by atomic mass is 32.1. The minimum absolute atomic E-state index is 0.0283. The van der Waals surface area contributed by atoms with E-state index in [1.54, 1.807) is 19.2 Å². The summed E-state index contributed by atoms with van der Waals surface area (Å²) in [5, 5.41) is 15.6. The van der Waals surface area contributed by atoms with Crippen LogP contribution in [0.25, 0.3) is 4.96 Å². The first kappa shape index (κ1) is 14.2. The van der Waals surface area contributed by atoms with E-state index in [0.29, 0.717) is 11.3 Å². The highest BCUT2D eigenvalue weighted by Crippen LogP contribution is 2.25. The molecule has 2 aromatic heterocycles. The summed E-state index contributed by atoms with van der Waals surface area (Å²) < 4.78 is 1.83. The Morgan fingerprint density at radius 1 is 1.41 bits per heavy atom. The quantitative estimate of drug-likeness (QED) is 0.593. The standard InChI is InChI=1S/C14H12N4O3S/c1-8-7-22-14-16-11(6-17(8)14)13(19)15-10-4-3-5-12(9(10)2)18(20)21/h3-7H,1-2H3,(H,15,19). The minimum Gasteiger partial charge on any atom is -0.320 e. The second-order valence-electron chi connectivity index (χ2n) is 4.82. The van der Waals surface area contributed by atoms with E-state index < -0.39 is 4.92 Å². The molecule has 0 radical (unpaired) electrons. The first-order valence-electron chi connectivity index (χ1n) is 6.46. The Hall–Kier alpha value is -2.74. The SMILES string of the molecule is Cc1c(NC(=O)c2cn3c(C)csc3n2)cccc1[N+](=O)[O-]. The lowest BCUT2D eigenvalue weighted by molar-refractivity contribution is -0.385. The van der Waals surface area contributed by atoms with E-state index in [2.05, 4.69) is 10.3 Å². The van der Waals surface area contributed by atoms with E-state index in [9.17, 15) is 14.9 Å². The fraction of sp³-hybridized carbons (Fsp3) is 0.143. The van der Waals surface area contributed by atoms with Crippen LogP contribution in [0.5, 0.6) is 0 Å². The molecule has 2 heterocycles. The van der Waals surface area contributed by atoms with Gasteiger partial charge in [-0.25, -0.2) is 4.98 Å². The summed E-state index contributed by atoms with van der Waals surface area (Å²) in [6.45, 7) is 3.53. The second kappa shape index (κ2) is 5.23. The number of carbonyl (C=O) groups excluding carboxylic acids is 1. The minimum atomic E-state index is -0.471. The lowest BCUT2D eigenvalue weighted by atomic mass is 10.1. The maximum atomic E-state index is 12.3. The molecule has 0 saturated heterocycles. The molecule has 0 aliphatic heterocycles. The Morgan fingerprint density at radius 2 is 2.18 bits per heavy atom. The van der Waals surface area contributed by atoms with Crippen LogP contribution in [0.3, 0.4) is 0 Å². The topological polar surface area (TPSA) is 89.5 Å². The normalized spacial score (nSPS) is 10.8. The summed E-state index contributed by atoms with van der Waals surface area (Å²) in [6, 6.07) is 4.57. The van der Waals surface area contributed by atoms with Gasteiger partial charge in [-0.1, -0.05) is 6.07 Å². The summed E-state index contributed by atoms with van der Waals surface area (Å²) in [5.41, 5.74) is 2.07. The van der Waals surface area contributed by atoms with Crippen molar-refractivity contribution in [1.82, 2.24) is 9.38 Å². The van der Waals surface area contributed by atoms with Gasteiger partial charge in [-0.15, -0.1) is 11.3 Å². The van der Waals surface area contributed by atoms with Crippen molar-refractivity contribution in [1.29, 1.82) is 0 Å². The first-order chi connectivity index (χ1) is 10.5. The number of nitrogens with zero attached hydrogens (tertiary/aromatic N) is 3. The number of hydrogen-bond acceptors (Lipinski definition) is 5. The molecule has 0 aliphatic rings. The Kier molecular flexibility index (Phi) is 3.38. The molecule has 3 aromatic rings. The van der Waals surface area contributed by atoms with Crippen LogP contribution in [0, 0.1) is 24.0 Å². The summed E-state index contributed by atoms with van der Waals surface area (Å²) in [4.78, 5) is 27.7.